The van der Waals surface area contributed by atoms with Crippen molar-refractivity contribution >= 4 is 50.0 Å². The summed E-state index contributed by atoms with van der Waals surface area (Å²) in [7, 11) is 2.17. The van der Waals surface area contributed by atoms with E-state index < -0.39 is 13.3 Å². The van der Waals surface area contributed by atoms with Gasteiger partial charge < -0.3 is 0 Å². The molecule has 6 rings (SSSR count). The van der Waals surface area contributed by atoms with Crippen LogP contribution in [0.15, 0.2) is 54.7 Å². The number of fused-ring (bicyclic) bond motifs is 5. The Kier molecular flexibility index (Phi) is 4.89. The molecule has 0 unspecified atom stereocenters. The molecule has 0 radical (unpaired) electrons. The predicted molar refractivity (Wildman–Crippen MR) is 152 cm³/mol. The molecule has 5 aromatic rings. The Labute approximate surface area is 210 Å². The first-order valence-corrected chi connectivity index (χ1v) is 20.1. The molecule has 0 bridgehead atoms. The van der Waals surface area contributed by atoms with Crippen LogP contribution in [0.4, 0.5) is 0 Å². The minimum absolute atomic E-state index is 0.348. The summed E-state index contributed by atoms with van der Waals surface area (Å²) < 4.78 is 10.8. The summed E-state index contributed by atoms with van der Waals surface area (Å²) in [4.78, 5) is 0. The van der Waals surface area contributed by atoms with Gasteiger partial charge in [0, 0.05) is 0 Å². The molecule has 35 heavy (non-hydrogen) atoms. The molecular weight excluding hydrogens is 487 g/mol. The molecule has 0 fully saturated rings. The Bertz CT molecular complexity index is 1710. The average Bonchev–Trinajstić information content (AvgIpc) is 2.79. The van der Waals surface area contributed by atoms with Crippen molar-refractivity contribution in [1.29, 1.82) is 0 Å². The molecule has 3 heteroatoms. The summed E-state index contributed by atoms with van der Waals surface area (Å²) in [5.74, 6) is 9.82. The van der Waals surface area contributed by atoms with Crippen molar-refractivity contribution in [3.05, 3.63) is 71.4 Å². The van der Waals surface area contributed by atoms with Gasteiger partial charge in [-0.25, -0.2) is 0 Å². The third-order valence-corrected chi connectivity index (χ3v) is 12.1. The normalized spacial score (nSPS) is 13.1. The van der Waals surface area contributed by atoms with Crippen LogP contribution in [0.2, 0.25) is 17.3 Å². The Balaban J connectivity index is 1.84. The van der Waals surface area contributed by atoms with Crippen molar-refractivity contribution < 1.29 is 9.30 Å². The maximum absolute atomic E-state index is 7.00. The Morgan fingerprint density at radius 3 is 2.31 bits per heavy atom. The topological polar surface area (TPSA) is 13.1 Å². The SMILES string of the molecule is Cc1ccc2c(C(C)C)c3c(c(C)c2c1)-c1c2c(cc4[c]([Ge]([CH3])([CH3])[CH3])cccc4c2cc[n+]1C)O3. The van der Waals surface area contributed by atoms with E-state index in [1.807, 2.05) is 0 Å². The summed E-state index contributed by atoms with van der Waals surface area (Å²) in [6, 6.07) is 18.4. The number of nitrogens with zero attached hydrogens (tertiary/aromatic N) is 1. The molecule has 176 valence electrons. The first-order valence-electron chi connectivity index (χ1n) is 12.7. The van der Waals surface area contributed by atoms with Crippen LogP contribution in [-0.2, 0) is 7.05 Å². The summed E-state index contributed by atoms with van der Waals surface area (Å²) in [6.45, 7) is 9.03. The fraction of sp³-hybridized carbons (Fsp3) is 0.281. The molecule has 0 atom stereocenters. The van der Waals surface area contributed by atoms with E-state index in [2.05, 4.69) is 111 Å². The molecule has 0 aliphatic carbocycles. The number of pyridine rings is 1. The van der Waals surface area contributed by atoms with Gasteiger partial charge in [0.15, 0.2) is 0 Å². The number of hydrogen-bond acceptors (Lipinski definition) is 1. The van der Waals surface area contributed by atoms with Gasteiger partial charge in [-0.3, -0.25) is 0 Å². The average molecular weight is 521 g/mol. The van der Waals surface area contributed by atoms with Gasteiger partial charge in [0.2, 0.25) is 0 Å². The summed E-state index contributed by atoms with van der Waals surface area (Å²) >= 11 is -2.09. The van der Waals surface area contributed by atoms with Crippen molar-refractivity contribution in [3.63, 3.8) is 0 Å². The first kappa shape index (κ1) is 22.6. The number of benzene rings is 4. The molecule has 2 heterocycles. The van der Waals surface area contributed by atoms with Gasteiger partial charge in [-0.1, -0.05) is 0 Å². The van der Waals surface area contributed by atoms with Gasteiger partial charge in [0.05, 0.1) is 0 Å². The second-order valence-corrected chi connectivity index (χ2v) is 22.2. The van der Waals surface area contributed by atoms with E-state index in [4.69, 9.17) is 4.74 Å². The predicted octanol–water partition coefficient (Wildman–Crippen LogP) is 8.03. The van der Waals surface area contributed by atoms with Crippen LogP contribution in [0.1, 0.15) is 36.5 Å². The van der Waals surface area contributed by atoms with Crippen molar-refractivity contribution in [2.75, 3.05) is 0 Å². The quantitative estimate of drug-likeness (QED) is 0.128. The zero-order chi connectivity index (χ0) is 24.8. The molecule has 0 saturated carbocycles. The molecule has 0 amide bonds. The fourth-order valence-electron chi connectivity index (χ4n) is 6.16. The van der Waals surface area contributed by atoms with Crippen LogP contribution in [0.5, 0.6) is 11.5 Å². The van der Waals surface area contributed by atoms with E-state index in [9.17, 15) is 0 Å². The van der Waals surface area contributed by atoms with Gasteiger partial charge in [0.1, 0.15) is 0 Å². The number of aromatic nitrogens is 1. The van der Waals surface area contributed by atoms with E-state index in [-0.39, 0.29) is 0 Å². The number of ether oxygens (including phenoxy) is 1. The summed E-state index contributed by atoms with van der Waals surface area (Å²) in [5, 5.41) is 7.88. The van der Waals surface area contributed by atoms with Crippen LogP contribution < -0.4 is 13.7 Å². The molecule has 0 spiro atoms. The van der Waals surface area contributed by atoms with Gasteiger partial charge >= 0.3 is 211 Å². The van der Waals surface area contributed by atoms with Gasteiger partial charge in [-0.2, -0.15) is 0 Å². The Morgan fingerprint density at radius 1 is 0.829 bits per heavy atom. The van der Waals surface area contributed by atoms with Crippen LogP contribution >= 0.6 is 0 Å². The van der Waals surface area contributed by atoms with E-state index in [1.165, 1.54) is 60.3 Å². The minimum atomic E-state index is -2.09. The second-order valence-electron chi connectivity index (χ2n) is 11.6. The molecule has 2 nitrogen and oxygen atoms in total. The first-order chi connectivity index (χ1) is 16.6. The number of hydrogen-bond donors (Lipinski definition) is 0. The molecular formula is C32H34GeNO+. The number of rotatable bonds is 2. The molecule has 1 aliphatic heterocycles. The van der Waals surface area contributed by atoms with E-state index in [1.54, 1.807) is 4.40 Å². The third-order valence-electron chi connectivity index (χ3n) is 7.79. The van der Waals surface area contributed by atoms with Crippen molar-refractivity contribution in [1.82, 2.24) is 0 Å². The Hall–Kier alpha value is -2.85. The standard InChI is InChI=1S/C32H34GeNO/c1-18(2)28-22-13-12-19(3)16-24(22)20(4)29-31-30-23(14-15-34(31)8)21-10-9-11-26(33(5,6)7)25(21)17-27(30)35-32(28)29/h9-18H,1-8H3/q+1. The van der Waals surface area contributed by atoms with Crippen molar-refractivity contribution in [2.45, 2.75) is 50.9 Å². The third kappa shape index (κ3) is 3.19. The van der Waals surface area contributed by atoms with Gasteiger partial charge in [-0.15, -0.1) is 0 Å². The van der Waals surface area contributed by atoms with E-state index in [0.717, 1.165) is 11.5 Å². The van der Waals surface area contributed by atoms with Crippen LogP contribution in [0, 0.1) is 13.8 Å². The zero-order valence-electron chi connectivity index (χ0n) is 22.1. The fourth-order valence-corrected chi connectivity index (χ4v) is 9.54. The molecule has 0 saturated heterocycles. The van der Waals surface area contributed by atoms with Gasteiger partial charge in [0.25, 0.3) is 0 Å². The zero-order valence-corrected chi connectivity index (χ0v) is 24.2. The van der Waals surface area contributed by atoms with Gasteiger partial charge in [-0.05, 0) is 0 Å². The molecule has 4 aromatic carbocycles. The molecule has 0 N–H and O–H groups in total. The van der Waals surface area contributed by atoms with E-state index in [0.29, 0.717) is 5.92 Å². The second kappa shape index (κ2) is 7.57. The molecule has 1 aliphatic rings. The van der Waals surface area contributed by atoms with Crippen LogP contribution in [-0.4, -0.2) is 13.3 Å². The maximum atomic E-state index is 7.00. The molecule has 1 aromatic heterocycles. The van der Waals surface area contributed by atoms with Crippen molar-refractivity contribution in [2.24, 2.45) is 7.05 Å². The monoisotopic (exact) mass is 522 g/mol. The van der Waals surface area contributed by atoms with E-state index >= 15 is 0 Å². The summed E-state index contributed by atoms with van der Waals surface area (Å²) in [6.07, 6.45) is 2.23. The summed E-state index contributed by atoms with van der Waals surface area (Å²) in [5.41, 5.74) is 6.42. The number of aryl methyl sites for hydroxylation is 3. The van der Waals surface area contributed by atoms with Crippen LogP contribution in [0.25, 0.3) is 43.6 Å². The Morgan fingerprint density at radius 2 is 1.60 bits per heavy atom. The van der Waals surface area contributed by atoms with Crippen LogP contribution in [0.3, 0.4) is 0 Å². The van der Waals surface area contributed by atoms with Crippen molar-refractivity contribution in [3.8, 4) is 22.8 Å².